The molecule has 73 valence electrons. The van der Waals surface area contributed by atoms with Gasteiger partial charge in [0.05, 0.1) is 0 Å². The van der Waals surface area contributed by atoms with Crippen LogP contribution in [-0.2, 0) is 26.2 Å². The fraction of sp³-hybridized carbons (Fsp3) is 1.00. The molecule has 12 heavy (non-hydrogen) atoms. The smallest absolute Gasteiger partial charge is 0.776 e. The van der Waals surface area contributed by atoms with Crippen molar-refractivity contribution in [3.05, 3.63) is 0 Å². The second-order valence-corrected chi connectivity index (χ2v) is 6.19. The normalized spacial score (nSPS) is 25.8. The molecule has 0 amide bonds. The van der Waals surface area contributed by atoms with Crippen LogP contribution < -0.4 is 9.79 Å². The summed E-state index contributed by atoms with van der Waals surface area (Å²) in [6.07, 6.45) is 0. The van der Waals surface area contributed by atoms with Crippen LogP contribution in [0.1, 0.15) is 6.92 Å². The minimum absolute atomic E-state index is 0. The first-order valence-corrected chi connectivity index (χ1v) is 5.46. The van der Waals surface area contributed by atoms with Gasteiger partial charge >= 0.3 is 17.1 Å². The molecule has 0 aliphatic carbocycles. The average Bonchev–Trinajstić information content (AvgIpc) is 1.58. The van der Waals surface area contributed by atoms with E-state index in [2.05, 4.69) is 0 Å². The van der Waals surface area contributed by atoms with Crippen LogP contribution in [0.5, 0.6) is 0 Å². The summed E-state index contributed by atoms with van der Waals surface area (Å²) in [6, 6.07) is 0. The molecule has 0 aliphatic heterocycles. The summed E-state index contributed by atoms with van der Waals surface area (Å²) in [5.74, 6) is 0. The van der Waals surface area contributed by atoms with Crippen LogP contribution >= 0.6 is 15.2 Å². The van der Waals surface area contributed by atoms with Crippen molar-refractivity contribution in [1.29, 1.82) is 0 Å². The molecule has 10 heteroatoms. The predicted octanol–water partition coefficient (Wildman–Crippen LogP) is -2.26. The number of hydrogen-bond donors (Lipinski definition) is 3. The summed E-state index contributed by atoms with van der Waals surface area (Å²) in [4.78, 5) is 36.4. The molecule has 3 N–H and O–H groups in total. The fourth-order valence-corrected chi connectivity index (χ4v) is 1.44. The number of rotatable bonds is 2. The molecule has 0 aliphatic rings. The van der Waals surface area contributed by atoms with Crippen LogP contribution in [0.2, 0.25) is 0 Å². The molecule has 0 rings (SSSR count). The van der Waals surface area contributed by atoms with Crippen molar-refractivity contribution in [1.82, 2.24) is 0 Å². The van der Waals surface area contributed by atoms with Crippen molar-refractivity contribution in [2.75, 3.05) is 0 Å². The van der Waals surface area contributed by atoms with Crippen LogP contribution in [0.3, 0.4) is 0 Å². The first kappa shape index (κ1) is 15.3. The molecule has 0 aromatic rings. The minimum Gasteiger partial charge on any atom is -0.776 e. The largest absolute Gasteiger partial charge is 2.00 e. The third kappa shape index (κ3) is 2.92. The Hall–Kier alpha value is 0.779. The van der Waals surface area contributed by atoms with Gasteiger partial charge in [0.25, 0.3) is 0 Å². The Bertz CT molecular complexity index is 212. The molecule has 0 heterocycles. The van der Waals surface area contributed by atoms with E-state index >= 15 is 0 Å². The van der Waals surface area contributed by atoms with Crippen LogP contribution in [-0.4, -0.2) is 20.0 Å². The Kier molecular flexibility index (Phi) is 4.94. The topological polar surface area (TPSA) is 141 Å². The van der Waals surface area contributed by atoms with E-state index in [9.17, 15) is 18.9 Å². The van der Waals surface area contributed by atoms with Gasteiger partial charge in [0.1, 0.15) is 0 Å². The van der Waals surface area contributed by atoms with Gasteiger partial charge in [-0.25, -0.2) is 0 Å². The summed E-state index contributed by atoms with van der Waals surface area (Å²) in [5.41, 5.74) is 0. The predicted molar refractivity (Wildman–Crippen MR) is 30.3 cm³/mol. The standard InChI is InChI=1S/C2H8O7P2.Mn/c1-2(3,10(4,5)6)11(7,8)9;/h3H,1H3,(H2,4,5,6)(H2,7,8,9);/q;+2/p-2. The second kappa shape index (κ2) is 3.88. The van der Waals surface area contributed by atoms with Gasteiger partial charge in [-0.15, -0.1) is 0 Å². The van der Waals surface area contributed by atoms with Crippen molar-refractivity contribution in [2.45, 2.75) is 12.0 Å². The molecule has 2 atom stereocenters. The maximum atomic E-state index is 10.1. The van der Waals surface area contributed by atoms with E-state index in [-0.39, 0.29) is 24.0 Å². The minimum atomic E-state index is -5.51. The molecular weight excluding hydrogens is 253 g/mol. The van der Waals surface area contributed by atoms with Crippen LogP contribution in [0.15, 0.2) is 0 Å². The Labute approximate surface area is 78.6 Å². The van der Waals surface area contributed by atoms with Gasteiger partial charge in [0, 0.05) is 0 Å². The molecule has 0 fully saturated rings. The monoisotopic (exact) mass is 259 g/mol. The van der Waals surface area contributed by atoms with Gasteiger partial charge in [0.2, 0.25) is 0 Å². The van der Waals surface area contributed by atoms with Crippen LogP contribution in [0, 0.1) is 0 Å². The molecule has 0 bridgehead atoms. The molecule has 0 saturated heterocycles. The first-order chi connectivity index (χ1) is 4.50. The van der Waals surface area contributed by atoms with Crippen LogP contribution in [0.4, 0.5) is 0 Å². The number of aliphatic hydroxyl groups is 1. The number of hydrogen-bond acceptors (Lipinski definition) is 5. The zero-order valence-electron chi connectivity index (χ0n) is 5.75. The molecule has 2 unspecified atom stereocenters. The summed E-state index contributed by atoms with van der Waals surface area (Å²) in [5, 5.41) is 5.02. The molecule has 0 saturated carbocycles. The summed E-state index contributed by atoms with van der Waals surface area (Å²) in [7, 11) is -11.0. The van der Waals surface area contributed by atoms with Crippen molar-refractivity contribution < 1.29 is 50.9 Å². The van der Waals surface area contributed by atoms with E-state index in [0.29, 0.717) is 0 Å². The van der Waals surface area contributed by atoms with Gasteiger partial charge in [-0.3, -0.25) is 0 Å². The summed E-state index contributed by atoms with van der Waals surface area (Å²) in [6.45, 7) is 0.258. The quantitative estimate of drug-likeness (QED) is 0.375. The van der Waals surface area contributed by atoms with Gasteiger partial charge in [-0.2, -0.15) is 0 Å². The third-order valence-corrected chi connectivity index (χ3v) is 4.73. The van der Waals surface area contributed by atoms with Gasteiger partial charge in [0.15, 0.2) is 20.3 Å². The fourth-order valence-electron chi connectivity index (χ4n) is 0.160. The first-order valence-electron chi connectivity index (χ1n) is 2.30. The zero-order chi connectivity index (χ0) is 9.50. The molecular formula is C2H6MnO7P2. The SMILES string of the molecule is CC(O)(P(=O)([O-])O)P(=O)([O-])O.[Mn+2]. The Morgan fingerprint density at radius 3 is 1.33 bits per heavy atom. The summed E-state index contributed by atoms with van der Waals surface area (Å²) >= 11 is 0. The van der Waals surface area contributed by atoms with E-state index in [1.54, 1.807) is 0 Å². The Morgan fingerprint density at radius 2 is 1.33 bits per heavy atom. The second-order valence-electron chi connectivity index (χ2n) is 2.01. The molecule has 7 nitrogen and oxygen atoms in total. The average molecular weight is 259 g/mol. The zero-order valence-corrected chi connectivity index (χ0v) is 8.72. The van der Waals surface area contributed by atoms with E-state index in [1.165, 1.54) is 0 Å². The molecule has 0 spiro atoms. The van der Waals surface area contributed by atoms with E-state index in [1.807, 2.05) is 0 Å². The Morgan fingerprint density at radius 1 is 1.17 bits per heavy atom. The van der Waals surface area contributed by atoms with Gasteiger partial charge < -0.3 is 33.8 Å². The third-order valence-electron chi connectivity index (χ3n) is 1.07. The Balaban J connectivity index is 0. The van der Waals surface area contributed by atoms with Gasteiger partial charge in [-0.05, 0) is 6.92 Å². The van der Waals surface area contributed by atoms with Crippen molar-refractivity contribution >= 4 is 15.2 Å². The molecule has 0 aromatic carbocycles. The maximum absolute atomic E-state index is 10.1. The van der Waals surface area contributed by atoms with E-state index in [4.69, 9.17) is 14.9 Å². The van der Waals surface area contributed by atoms with Crippen molar-refractivity contribution in [3.63, 3.8) is 0 Å². The molecule has 1 radical (unpaired) electrons. The van der Waals surface area contributed by atoms with Gasteiger partial charge in [-0.1, -0.05) is 0 Å². The van der Waals surface area contributed by atoms with Crippen molar-refractivity contribution in [2.24, 2.45) is 0 Å². The maximum Gasteiger partial charge on any atom is 2.00 e. The summed E-state index contributed by atoms with van der Waals surface area (Å²) < 4.78 is 20.2. The van der Waals surface area contributed by atoms with E-state index in [0.717, 1.165) is 0 Å². The van der Waals surface area contributed by atoms with Crippen molar-refractivity contribution in [3.8, 4) is 0 Å². The van der Waals surface area contributed by atoms with E-state index < -0.39 is 20.3 Å². The molecule has 0 aromatic heterocycles. The van der Waals surface area contributed by atoms with Crippen LogP contribution in [0.25, 0.3) is 0 Å².